The molecular formula is C21H24F3N5O4. The van der Waals surface area contributed by atoms with Crippen molar-refractivity contribution in [3.05, 3.63) is 47.3 Å². The number of carboxylic acid groups (broad SMARTS) is 1. The molecule has 178 valence electrons. The van der Waals surface area contributed by atoms with Gasteiger partial charge in [-0.05, 0) is 31.9 Å². The van der Waals surface area contributed by atoms with Gasteiger partial charge in [-0.3, -0.25) is 14.6 Å². The van der Waals surface area contributed by atoms with Crippen molar-refractivity contribution >= 4 is 17.8 Å². The van der Waals surface area contributed by atoms with Gasteiger partial charge in [-0.1, -0.05) is 0 Å². The molecule has 2 aliphatic heterocycles. The number of aromatic nitrogens is 3. The van der Waals surface area contributed by atoms with Crippen LogP contribution in [0.3, 0.4) is 0 Å². The molecule has 2 aromatic rings. The van der Waals surface area contributed by atoms with Gasteiger partial charge in [-0.2, -0.15) is 13.2 Å². The van der Waals surface area contributed by atoms with Crippen LogP contribution in [0, 0.1) is 6.92 Å². The van der Waals surface area contributed by atoms with Gasteiger partial charge in [-0.25, -0.2) is 9.78 Å². The number of aliphatic carboxylic acids is 1. The van der Waals surface area contributed by atoms with Gasteiger partial charge in [0.05, 0.1) is 36.4 Å². The summed E-state index contributed by atoms with van der Waals surface area (Å²) in [4.78, 5) is 46.2. The summed E-state index contributed by atoms with van der Waals surface area (Å²) in [5.74, 6) is -2.57. The summed E-state index contributed by atoms with van der Waals surface area (Å²) in [5.41, 5.74) is 3.45. The molecule has 4 heterocycles. The third-order valence-corrected chi connectivity index (χ3v) is 5.40. The molecule has 0 bridgehead atoms. The van der Waals surface area contributed by atoms with E-state index in [0.29, 0.717) is 31.6 Å². The zero-order chi connectivity index (χ0) is 24.2. The lowest BCUT2D eigenvalue weighted by Gasteiger charge is -2.21. The number of carbonyl (C=O) groups excluding carboxylic acids is 2. The van der Waals surface area contributed by atoms with Crippen molar-refractivity contribution in [1.82, 2.24) is 24.3 Å². The van der Waals surface area contributed by atoms with Gasteiger partial charge >= 0.3 is 12.1 Å². The Morgan fingerprint density at radius 1 is 1.12 bits per heavy atom. The van der Waals surface area contributed by atoms with Crippen LogP contribution in [0.1, 0.15) is 46.7 Å². The number of fused-ring (bicyclic) bond motifs is 1. The predicted molar refractivity (Wildman–Crippen MR) is 109 cm³/mol. The number of likely N-dealkylation sites (tertiary alicyclic amines) is 1. The molecule has 33 heavy (non-hydrogen) atoms. The highest BCUT2D eigenvalue weighted by molar-refractivity contribution is 5.93. The van der Waals surface area contributed by atoms with Crippen LogP contribution in [0.4, 0.5) is 13.2 Å². The highest BCUT2D eigenvalue weighted by Gasteiger charge is 2.38. The van der Waals surface area contributed by atoms with Crippen molar-refractivity contribution in [2.45, 2.75) is 52.0 Å². The van der Waals surface area contributed by atoms with Gasteiger partial charge in [0, 0.05) is 37.9 Å². The molecule has 0 atom stereocenters. The molecule has 0 aliphatic carbocycles. The number of alkyl halides is 3. The standard InChI is InChI=1S/C19H23N5O2.C2HF3O2/c1-14-5-6-15(10-20-14)19(26)23-8-3-9-24-13-21-16(17(24)12-23)11-22-7-2-4-18(22)25;3-2(4,5)1(6)7/h5-6,10,13H,2-4,7-9,11-12H2,1H3;(H,6,7). The summed E-state index contributed by atoms with van der Waals surface area (Å²) >= 11 is 0. The fourth-order valence-corrected chi connectivity index (χ4v) is 3.65. The smallest absolute Gasteiger partial charge is 0.475 e. The van der Waals surface area contributed by atoms with Crippen LogP contribution in [0.15, 0.2) is 24.7 Å². The molecule has 12 heteroatoms. The predicted octanol–water partition coefficient (Wildman–Crippen LogP) is 2.39. The molecule has 9 nitrogen and oxygen atoms in total. The largest absolute Gasteiger partial charge is 0.490 e. The number of aryl methyl sites for hydroxylation is 2. The quantitative estimate of drug-likeness (QED) is 0.743. The number of pyridine rings is 1. The second kappa shape index (κ2) is 10.0. The summed E-state index contributed by atoms with van der Waals surface area (Å²) in [6, 6.07) is 3.69. The Balaban J connectivity index is 0.000000383. The zero-order valence-electron chi connectivity index (χ0n) is 18.0. The Morgan fingerprint density at radius 2 is 1.85 bits per heavy atom. The maximum Gasteiger partial charge on any atom is 0.490 e. The Labute approximate surface area is 187 Å². The van der Waals surface area contributed by atoms with Crippen LogP contribution < -0.4 is 0 Å². The van der Waals surface area contributed by atoms with Crippen molar-refractivity contribution in [2.24, 2.45) is 0 Å². The Morgan fingerprint density at radius 3 is 2.42 bits per heavy atom. The summed E-state index contributed by atoms with van der Waals surface area (Å²) in [7, 11) is 0. The molecule has 1 N–H and O–H groups in total. The molecule has 0 spiro atoms. The average Bonchev–Trinajstić information content (AvgIpc) is 3.26. The molecule has 4 rings (SSSR count). The molecule has 1 fully saturated rings. The van der Waals surface area contributed by atoms with Crippen molar-refractivity contribution in [1.29, 1.82) is 0 Å². The third kappa shape index (κ3) is 6.08. The first-order valence-electron chi connectivity index (χ1n) is 10.4. The number of halogens is 3. The van der Waals surface area contributed by atoms with E-state index in [1.807, 2.05) is 35.2 Å². The van der Waals surface area contributed by atoms with E-state index < -0.39 is 12.1 Å². The van der Waals surface area contributed by atoms with E-state index in [1.54, 1.807) is 6.20 Å². The number of nitrogens with zero attached hydrogens (tertiary/aromatic N) is 5. The first-order chi connectivity index (χ1) is 15.6. The molecule has 0 radical (unpaired) electrons. The second-order valence-electron chi connectivity index (χ2n) is 7.82. The maximum absolute atomic E-state index is 12.9. The van der Waals surface area contributed by atoms with Crippen LogP contribution in [0.2, 0.25) is 0 Å². The van der Waals surface area contributed by atoms with E-state index >= 15 is 0 Å². The molecule has 1 saturated heterocycles. The van der Waals surface area contributed by atoms with Crippen LogP contribution in [0.5, 0.6) is 0 Å². The number of hydrogen-bond acceptors (Lipinski definition) is 5. The monoisotopic (exact) mass is 467 g/mol. The number of hydrogen-bond donors (Lipinski definition) is 1. The molecular weight excluding hydrogens is 443 g/mol. The molecule has 2 amide bonds. The molecule has 2 aromatic heterocycles. The van der Waals surface area contributed by atoms with Gasteiger partial charge in [-0.15, -0.1) is 0 Å². The van der Waals surface area contributed by atoms with Crippen LogP contribution in [0.25, 0.3) is 0 Å². The Hall–Kier alpha value is -3.44. The van der Waals surface area contributed by atoms with E-state index in [9.17, 15) is 22.8 Å². The average molecular weight is 467 g/mol. The lowest BCUT2D eigenvalue weighted by molar-refractivity contribution is -0.192. The van der Waals surface area contributed by atoms with Crippen molar-refractivity contribution in [3.8, 4) is 0 Å². The molecule has 0 saturated carbocycles. The minimum Gasteiger partial charge on any atom is -0.475 e. The number of rotatable bonds is 3. The highest BCUT2D eigenvalue weighted by atomic mass is 19.4. The van der Waals surface area contributed by atoms with Gasteiger partial charge in [0.15, 0.2) is 0 Å². The summed E-state index contributed by atoms with van der Waals surface area (Å²) < 4.78 is 33.9. The molecule has 0 aromatic carbocycles. The summed E-state index contributed by atoms with van der Waals surface area (Å²) in [6.45, 7) is 5.30. The van der Waals surface area contributed by atoms with Crippen molar-refractivity contribution < 1.29 is 32.7 Å². The fourth-order valence-electron chi connectivity index (χ4n) is 3.65. The summed E-state index contributed by atoms with van der Waals surface area (Å²) in [6.07, 6.45) is 0.827. The van der Waals surface area contributed by atoms with Crippen LogP contribution in [-0.2, 0) is 29.2 Å². The summed E-state index contributed by atoms with van der Waals surface area (Å²) in [5, 5.41) is 7.12. The Kier molecular flexibility index (Phi) is 7.34. The van der Waals surface area contributed by atoms with Gasteiger partial charge in [0.25, 0.3) is 5.91 Å². The second-order valence-corrected chi connectivity index (χ2v) is 7.82. The van der Waals surface area contributed by atoms with Crippen LogP contribution >= 0.6 is 0 Å². The van der Waals surface area contributed by atoms with E-state index in [4.69, 9.17) is 9.90 Å². The number of carbonyl (C=O) groups is 3. The van der Waals surface area contributed by atoms with E-state index in [-0.39, 0.29) is 11.8 Å². The van der Waals surface area contributed by atoms with Gasteiger partial charge in [0.2, 0.25) is 5.91 Å². The minimum absolute atomic E-state index is 0.00431. The first kappa shape index (κ1) is 24.2. The maximum atomic E-state index is 12.9. The van der Waals surface area contributed by atoms with E-state index in [0.717, 1.165) is 43.0 Å². The van der Waals surface area contributed by atoms with Crippen molar-refractivity contribution in [2.75, 3.05) is 13.1 Å². The van der Waals surface area contributed by atoms with Crippen LogP contribution in [-0.4, -0.2) is 66.5 Å². The number of imidazole rings is 1. The zero-order valence-corrected chi connectivity index (χ0v) is 18.0. The topological polar surface area (TPSA) is 109 Å². The number of carboxylic acids is 1. The lowest BCUT2D eigenvalue weighted by Crippen LogP contribution is -2.31. The van der Waals surface area contributed by atoms with E-state index in [2.05, 4.69) is 14.5 Å². The lowest BCUT2D eigenvalue weighted by atomic mass is 10.2. The molecule has 0 unspecified atom stereocenters. The highest BCUT2D eigenvalue weighted by Crippen LogP contribution is 2.21. The normalized spacial score (nSPS) is 16.1. The Bertz CT molecular complexity index is 1020. The fraction of sp³-hybridized carbons (Fsp3) is 0.476. The van der Waals surface area contributed by atoms with Gasteiger partial charge in [0.1, 0.15) is 0 Å². The molecule has 2 aliphatic rings. The van der Waals surface area contributed by atoms with E-state index in [1.165, 1.54) is 0 Å². The SMILES string of the molecule is Cc1ccc(C(=O)N2CCCn3cnc(CN4CCCC4=O)c3C2)cn1.O=C(O)C(F)(F)F. The van der Waals surface area contributed by atoms with Crippen molar-refractivity contribution in [3.63, 3.8) is 0 Å². The minimum atomic E-state index is -5.08. The number of amides is 2. The van der Waals surface area contributed by atoms with Gasteiger partial charge < -0.3 is 19.5 Å². The third-order valence-electron chi connectivity index (χ3n) is 5.40. The first-order valence-corrected chi connectivity index (χ1v) is 10.4.